The van der Waals surface area contributed by atoms with E-state index in [1.54, 1.807) is 7.11 Å². The summed E-state index contributed by atoms with van der Waals surface area (Å²) < 4.78 is 16.9. The molecule has 4 rings (SSSR count). The van der Waals surface area contributed by atoms with Crippen LogP contribution in [0.15, 0.2) is 55.2 Å². The largest absolute Gasteiger partial charge is 0.497 e. The topological polar surface area (TPSA) is 87.1 Å². The average Bonchev–Trinajstić information content (AvgIpc) is 3.16. The summed E-state index contributed by atoms with van der Waals surface area (Å²) >= 11 is 2.90. The van der Waals surface area contributed by atoms with Crippen LogP contribution in [0, 0.1) is 11.3 Å². The van der Waals surface area contributed by atoms with Crippen molar-refractivity contribution in [3.63, 3.8) is 0 Å². The van der Waals surface area contributed by atoms with Gasteiger partial charge < -0.3 is 13.6 Å². The fourth-order valence-electron chi connectivity index (χ4n) is 3.61. The molecule has 0 amide bonds. The Morgan fingerprint density at radius 1 is 1.06 bits per heavy atom. The molecule has 0 bridgehead atoms. The van der Waals surface area contributed by atoms with Crippen LogP contribution in [-0.2, 0) is 11.5 Å². The molecule has 1 aliphatic carbocycles. The molecule has 1 aliphatic rings. The summed E-state index contributed by atoms with van der Waals surface area (Å²) in [5.41, 5.74) is 2.59. The molecule has 0 N–H and O–H groups in total. The van der Waals surface area contributed by atoms with Crippen LogP contribution in [0.25, 0.3) is 0 Å². The predicted octanol–water partition coefficient (Wildman–Crippen LogP) is 5.75. The third-order valence-corrected chi connectivity index (χ3v) is 7.07. The van der Waals surface area contributed by atoms with E-state index in [2.05, 4.69) is 54.2 Å². The van der Waals surface area contributed by atoms with Crippen molar-refractivity contribution in [3.8, 4) is 5.75 Å². The Bertz CT molecular complexity index is 1070. The van der Waals surface area contributed by atoms with Gasteiger partial charge in [-0.25, -0.2) is 0 Å². The number of aromatic nitrogens is 4. The molecular weight excluding hydrogens is 432 g/mol. The van der Waals surface area contributed by atoms with Crippen molar-refractivity contribution in [2.45, 2.75) is 55.6 Å². The zero-order valence-electron chi connectivity index (χ0n) is 18.3. The molecule has 2 atom stereocenters. The second-order valence-corrected chi connectivity index (χ2v) is 10.2. The Morgan fingerprint density at radius 3 is 2.58 bits per heavy atom. The molecule has 2 heterocycles. The van der Waals surface area contributed by atoms with Gasteiger partial charge in [0, 0.05) is 11.7 Å². The van der Waals surface area contributed by atoms with Crippen LogP contribution in [0.2, 0.25) is 0 Å². The molecule has 3 aromatic rings. The van der Waals surface area contributed by atoms with Crippen LogP contribution in [0.1, 0.15) is 51.0 Å². The maximum Gasteiger partial charge on any atom is 0.277 e. The Morgan fingerprint density at radius 2 is 1.81 bits per heavy atom. The lowest BCUT2D eigenvalue weighted by atomic mass is 10.1. The zero-order valence-corrected chi connectivity index (χ0v) is 19.9. The van der Waals surface area contributed by atoms with Crippen molar-refractivity contribution in [1.29, 1.82) is 0 Å². The van der Waals surface area contributed by atoms with Crippen molar-refractivity contribution < 1.29 is 13.6 Å². The second-order valence-electron chi connectivity index (χ2n) is 8.37. The van der Waals surface area contributed by atoms with E-state index in [0.29, 0.717) is 33.9 Å². The van der Waals surface area contributed by atoms with Gasteiger partial charge in [-0.15, -0.1) is 20.4 Å². The summed E-state index contributed by atoms with van der Waals surface area (Å²) in [5.74, 6) is 4.00. The highest BCUT2D eigenvalue weighted by atomic mass is 32.2. The first-order chi connectivity index (χ1) is 14.9. The van der Waals surface area contributed by atoms with Crippen LogP contribution in [0.3, 0.4) is 0 Å². The van der Waals surface area contributed by atoms with Gasteiger partial charge in [0.05, 0.1) is 12.9 Å². The third kappa shape index (κ3) is 5.15. The first kappa shape index (κ1) is 22.0. The molecule has 1 fully saturated rings. The monoisotopic (exact) mass is 458 g/mol. The first-order valence-corrected chi connectivity index (χ1v) is 12.0. The lowest BCUT2D eigenvalue weighted by molar-refractivity contribution is 0.398. The van der Waals surface area contributed by atoms with Gasteiger partial charge in [-0.1, -0.05) is 61.2 Å². The maximum atomic E-state index is 5.92. The number of nitrogens with zero attached hydrogens (tertiary/aromatic N) is 4. The van der Waals surface area contributed by atoms with Crippen molar-refractivity contribution in [2.24, 2.45) is 11.3 Å². The summed E-state index contributed by atoms with van der Waals surface area (Å²) in [5, 5.41) is 17.8. The Hall–Kier alpha value is -2.26. The lowest BCUT2D eigenvalue weighted by Crippen LogP contribution is -1.90. The van der Waals surface area contributed by atoms with Gasteiger partial charge in [-0.3, -0.25) is 0 Å². The van der Waals surface area contributed by atoms with Crippen molar-refractivity contribution in [2.75, 3.05) is 7.11 Å². The van der Waals surface area contributed by atoms with E-state index >= 15 is 0 Å². The van der Waals surface area contributed by atoms with E-state index in [0.717, 1.165) is 17.1 Å². The van der Waals surface area contributed by atoms with Gasteiger partial charge in [-0.05, 0) is 42.9 Å². The molecule has 0 radical (unpaired) electrons. The molecule has 0 saturated heterocycles. The Balaban J connectivity index is 1.30. The second kappa shape index (κ2) is 9.08. The zero-order chi connectivity index (χ0) is 22.0. The molecule has 31 heavy (non-hydrogen) atoms. The van der Waals surface area contributed by atoms with Crippen LogP contribution < -0.4 is 4.74 Å². The minimum absolute atomic E-state index is 0.146. The summed E-state index contributed by atoms with van der Waals surface area (Å²) in [6.07, 6.45) is 2.30. The lowest BCUT2D eigenvalue weighted by Gasteiger charge is -2.02. The fourth-order valence-corrected chi connectivity index (χ4v) is 4.94. The van der Waals surface area contributed by atoms with Crippen LogP contribution >= 0.6 is 23.5 Å². The standard InChI is InChI=1S/C22H26N4O3S2/c1-13(2)9-16-18(22(16,3)4)19-24-26-21(29-19)31-12-17-23-25-20(28-17)30-11-14-7-6-8-15(10-14)27-5/h6-10,16,18H,11-12H2,1-5H3/t16-,18+/m1/s1. The number of rotatable bonds is 9. The summed E-state index contributed by atoms with van der Waals surface area (Å²) in [6.45, 7) is 8.71. The van der Waals surface area contributed by atoms with Gasteiger partial charge in [0.2, 0.25) is 11.8 Å². The van der Waals surface area contributed by atoms with Gasteiger partial charge in [0.15, 0.2) is 0 Å². The number of benzene rings is 1. The normalized spacial score (nSPS) is 19.3. The summed E-state index contributed by atoms with van der Waals surface area (Å²) in [6, 6.07) is 7.93. The van der Waals surface area contributed by atoms with Crippen molar-refractivity contribution >= 4 is 23.5 Å². The summed E-state index contributed by atoms with van der Waals surface area (Å²) in [7, 11) is 1.66. The molecule has 1 aromatic carbocycles. The Labute approximate surface area is 190 Å². The van der Waals surface area contributed by atoms with E-state index in [-0.39, 0.29) is 11.3 Å². The van der Waals surface area contributed by atoms with Crippen LogP contribution in [0.5, 0.6) is 5.75 Å². The number of thioether (sulfide) groups is 2. The van der Waals surface area contributed by atoms with E-state index in [1.807, 2.05) is 24.3 Å². The smallest absolute Gasteiger partial charge is 0.277 e. The van der Waals surface area contributed by atoms with Crippen LogP contribution in [0.4, 0.5) is 0 Å². The SMILES string of the molecule is COc1cccc(CSc2nnc(CSc3nnc([C@@H]4[C@@H](C=C(C)C)C4(C)C)o3)o2)c1. The third-order valence-electron chi connectivity index (χ3n) is 5.38. The molecule has 2 aromatic heterocycles. The number of ether oxygens (including phenoxy) is 1. The molecule has 1 saturated carbocycles. The molecule has 7 nitrogen and oxygen atoms in total. The highest BCUT2D eigenvalue weighted by Crippen LogP contribution is 2.65. The molecule has 0 aliphatic heterocycles. The highest BCUT2D eigenvalue weighted by molar-refractivity contribution is 7.98. The predicted molar refractivity (Wildman–Crippen MR) is 120 cm³/mol. The number of hydrogen-bond donors (Lipinski definition) is 0. The number of methoxy groups -OCH3 is 1. The van der Waals surface area contributed by atoms with Gasteiger partial charge in [0.25, 0.3) is 10.4 Å². The van der Waals surface area contributed by atoms with Crippen LogP contribution in [-0.4, -0.2) is 27.5 Å². The Kier molecular flexibility index (Phi) is 6.43. The van der Waals surface area contributed by atoms with E-state index in [9.17, 15) is 0 Å². The molecule has 9 heteroatoms. The van der Waals surface area contributed by atoms with E-state index < -0.39 is 0 Å². The van der Waals surface area contributed by atoms with E-state index in [1.165, 1.54) is 29.1 Å². The maximum absolute atomic E-state index is 5.92. The number of hydrogen-bond acceptors (Lipinski definition) is 9. The van der Waals surface area contributed by atoms with Gasteiger partial charge in [-0.2, -0.15) is 0 Å². The molecule has 0 unspecified atom stereocenters. The highest BCUT2D eigenvalue weighted by Gasteiger charge is 2.60. The van der Waals surface area contributed by atoms with Crippen molar-refractivity contribution in [3.05, 3.63) is 53.3 Å². The molecule has 0 spiro atoms. The minimum atomic E-state index is 0.146. The van der Waals surface area contributed by atoms with Crippen molar-refractivity contribution in [1.82, 2.24) is 20.4 Å². The van der Waals surface area contributed by atoms with Gasteiger partial charge >= 0.3 is 0 Å². The molecule has 164 valence electrons. The number of allylic oxidation sites excluding steroid dienone is 2. The first-order valence-electron chi connectivity index (χ1n) is 10.1. The summed E-state index contributed by atoms with van der Waals surface area (Å²) in [4.78, 5) is 0. The quantitative estimate of drug-likeness (QED) is 0.294. The van der Waals surface area contributed by atoms with Gasteiger partial charge in [0.1, 0.15) is 5.75 Å². The average molecular weight is 459 g/mol. The van der Waals surface area contributed by atoms with E-state index in [4.69, 9.17) is 13.6 Å². The minimum Gasteiger partial charge on any atom is -0.497 e. The molecular formula is C22H26N4O3S2. The fraction of sp³-hybridized carbons (Fsp3) is 0.455.